The van der Waals surface area contributed by atoms with Gasteiger partial charge in [-0.3, -0.25) is 14.4 Å². The van der Waals surface area contributed by atoms with Crippen molar-refractivity contribution < 1.29 is 23.9 Å². The van der Waals surface area contributed by atoms with Gasteiger partial charge < -0.3 is 15.4 Å². The van der Waals surface area contributed by atoms with Crippen LogP contribution in [0.5, 0.6) is 0 Å². The van der Waals surface area contributed by atoms with E-state index in [1.807, 2.05) is 20.8 Å². The van der Waals surface area contributed by atoms with Crippen LogP contribution >= 0.6 is 0 Å². The first-order chi connectivity index (χ1) is 16.3. The Balaban J connectivity index is 1.28. The summed E-state index contributed by atoms with van der Waals surface area (Å²) in [4.78, 5) is 50.3. The summed E-state index contributed by atoms with van der Waals surface area (Å²) in [5.41, 5.74) is -0.779. The molecule has 35 heavy (non-hydrogen) atoms. The highest BCUT2D eigenvalue weighted by molar-refractivity contribution is 5.88. The van der Waals surface area contributed by atoms with Crippen molar-refractivity contribution in [2.45, 2.75) is 110 Å². The second-order valence-electron chi connectivity index (χ2n) is 13.1. The molecule has 0 aromatic heterocycles. The summed E-state index contributed by atoms with van der Waals surface area (Å²) in [7, 11) is 0. The van der Waals surface area contributed by atoms with E-state index < -0.39 is 11.7 Å². The van der Waals surface area contributed by atoms with E-state index in [1.54, 1.807) is 0 Å². The third-order valence-corrected chi connectivity index (χ3v) is 9.78. The number of hydrogen-bond donors (Lipinski definition) is 2. The lowest BCUT2D eigenvalue weighted by Gasteiger charge is -2.59. The lowest BCUT2D eigenvalue weighted by molar-refractivity contribution is -0.157. The van der Waals surface area contributed by atoms with Crippen LogP contribution in [0.2, 0.25) is 0 Å². The van der Waals surface area contributed by atoms with E-state index in [2.05, 4.69) is 24.5 Å². The van der Waals surface area contributed by atoms with Crippen molar-refractivity contribution in [3.05, 3.63) is 0 Å². The Hall–Kier alpha value is -1.92. The Labute approximate surface area is 209 Å². The van der Waals surface area contributed by atoms with E-state index >= 15 is 0 Å². The molecule has 4 rings (SSSR count). The van der Waals surface area contributed by atoms with Crippen LogP contribution in [0.1, 0.15) is 98.8 Å². The molecule has 4 fully saturated rings. The lowest BCUT2D eigenvalue weighted by atomic mass is 9.45. The molecule has 7 nitrogen and oxygen atoms in total. The third kappa shape index (κ3) is 5.15. The standard InChI is InChI=1S/C28H44N2O5/c1-26(2,3)35-25(34)29-14-6-7-24(33)30-17-10-12-27(4)20-11-13-28(5)19(8-9-23(28)32)18(20)16-22(31)21(27)15-17/h17-21H,6-16H2,1-5H3,(H,29,34)(H,30,33)/t17?,18-,19-,20+,21?,27+,28-/m0/s1. The Morgan fingerprint density at radius 1 is 1.06 bits per heavy atom. The highest BCUT2D eigenvalue weighted by Gasteiger charge is 2.62. The molecule has 4 aliphatic rings. The molecule has 196 valence electrons. The minimum absolute atomic E-state index is 0.00176. The van der Waals surface area contributed by atoms with Crippen LogP contribution in [0.25, 0.3) is 0 Å². The monoisotopic (exact) mass is 488 g/mol. The number of nitrogens with one attached hydrogen (secondary N) is 2. The fraction of sp³-hybridized carbons (Fsp3) is 0.857. The van der Waals surface area contributed by atoms with Gasteiger partial charge in [-0.1, -0.05) is 13.8 Å². The molecule has 4 aliphatic carbocycles. The maximum absolute atomic E-state index is 13.4. The predicted molar refractivity (Wildman–Crippen MR) is 133 cm³/mol. The maximum Gasteiger partial charge on any atom is 0.407 e. The quantitative estimate of drug-likeness (QED) is 0.552. The molecular formula is C28H44N2O5. The van der Waals surface area contributed by atoms with E-state index in [0.717, 1.165) is 38.5 Å². The predicted octanol–water partition coefficient (Wildman–Crippen LogP) is 4.57. The Morgan fingerprint density at radius 2 is 1.80 bits per heavy atom. The molecule has 0 aromatic rings. The molecule has 0 heterocycles. The molecule has 7 heteroatoms. The number of ketones is 2. The molecule has 0 spiro atoms. The van der Waals surface area contributed by atoms with Crippen molar-refractivity contribution in [1.82, 2.24) is 10.6 Å². The van der Waals surface area contributed by atoms with Crippen LogP contribution in [-0.4, -0.2) is 41.8 Å². The average Bonchev–Trinajstić information content (AvgIpc) is 3.06. The zero-order valence-electron chi connectivity index (χ0n) is 22.2. The second-order valence-corrected chi connectivity index (χ2v) is 13.1. The number of alkyl carbamates (subject to hydrolysis) is 1. The van der Waals surface area contributed by atoms with Gasteiger partial charge in [-0.2, -0.15) is 0 Å². The van der Waals surface area contributed by atoms with E-state index in [-0.39, 0.29) is 28.7 Å². The first kappa shape index (κ1) is 26.2. The van der Waals surface area contributed by atoms with Gasteiger partial charge in [-0.25, -0.2) is 4.79 Å². The third-order valence-electron chi connectivity index (χ3n) is 9.78. The van der Waals surface area contributed by atoms with Gasteiger partial charge in [0, 0.05) is 43.2 Å². The summed E-state index contributed by atoms with van der Waals surface area (Å²) in [5.74, 6) is 1.94. The van der Waals surface area contributed by atoms with Gasteiger partial charge in [0.05, 0.1) is 0 Å². The van der Waals surface area contributed by atoms with Crippen molar-refractivity contribution >= 4 is 23.6 Å². The van der Waals surface area contributed by atoms with Gasteiger partial charge in [0.15, 0.2) is 0 Å². The van der Waals surface area contributed by atoms with Gasteiger partial charge in [0.2, 0.25) is 5.91 Å². The molecule has 7 atom stereocenters. The van der Waals surface area contributed by atoms with Crippen molar-refractivity contribution in [1.29, 1.82) is 0 Å². The van der Waals surface area contributed by atoms with Crippen LogP contribution < -0.4 is 10.6 Å². The number of carbonyl (C=O) groups excluding carboxylic acids is 4. The Bertz CT molecular complexity index is 879. The molecule has 2 amide bonds. The summed E-state index contributed by atoms with van der Waals surface area (Å²) < 4.78 is 5.21. The number of hydrogen-bond acceptors (Lipinski definition) is 5. The summed E-state index contributed by atoms with van der Waals surface area (Å²) in [5, 5.41) is 5.84. The van der Waals surface area contributed by atoms with Crippen molar-refractivity contribution in [3.8, 4) is 0 Å². The first-order valence-corrected chi connectivity index (χ1v) is 13.7. The summed E-state index contributed by atoms with van der Waals surface area (Å²) in [6, 6.07) is 0.0294. The Kier molecular flexibility index (Phi) is 7.11. The number of carbonyl (C=O) groups is 4. The zero-order chi connectivity index (χ0) is 25.6. The molecule has 0 radical (unpaired) electrons. The molecule has 0 aromatic carbocycles. The first-order valence-electron chi connectivity index (χ1n) is 13.7. The second kappa shape index (κ2) is 9.51. The molecule has 0 aliphatic heterocycles. The summed E-state index contributed by atoms with van der Waals surface area (Å²) in [6.07, 6.45) is 7.23. The van der Waals surface area contributed by atoms with Crippen molar-refractivity contribution in [2.75, 3.05) is 6.54 Å². The largest absolute Gasteiger partial charge is 0.444 e. The van der Waals surface area contributed by atoms with Gasteiger partial charge in [0.25, 0.3) is 0 Å². The fourth-order valence-corrected chi connectivity index (χ4v) is 8.00. The van der Waals surface area contributed by atoms with Gasteiger partial charge >= 0.3 is 6.09 Å². The van der Waals surface area contributed by atoms with E-state index in [4.69, 9.17) is 4.74 Å². The normalized spacial score (nSPS) is 38.7. The maximum atomic E-state index is 13.4. The van der Waals surface area contributed by atoms with Gasteiger partial charge in [-0.05, 0) is 88.9 Å². The Morgan fingerprint density at radius 3 is 2.51 bits per heavy atom. The van der Waals surface area contributed by atoms with Crippen LogP contribution in [0, 0.1) is 34.5 Å². The SMILES string of the molecule is CC(C)(C)OC(=O)NCCCC(=O)NC1CC[C@@]2(C)C(C1)C(=O)C[C@@H]1[C@H]2CC[C@]2(C)C(=O)CC[C@@H]12. The number of ether oxygens (including phenoxy) is 1. The number of rotatable bonds is 5. The molecule has 4 saturated carbocycles. The molecule has 2 unspecified atom stereocenters. The van der Waals surface area contributed by atoms with Crippen molar-refractivity contribution in [3.63, 3.8) is 0 Å². The van der Waals surface area contributed by atoms with Crippen LogP contribution in [0.15, 0.2) is 0 Å². The zero-order valence-corrected chi connectivity index (χ0v) is 22.2. The van der Waals surface area contributed by atoms with E-state index in [0.29, 0.717) is 61.5 Å². The van der Waals surface area contributed by atoms with Gasteiger partial charge in [-0.15, -0.1) is 0 Å². The summed E-state index contributed by atoms with van der Waals surface area (Å²) >= 11 is 0. The highest BCUT2D eigenvalue weighted by atomic mass is 16.6. The fourth-order valence-electron chi connectivity index (χ4n) is 8.00. The van der Waals surface area contributed by atoms with Crippen LogP contribution in [0.4, 0.5) is 4.79 Å². The molecule has 2 N–H and O–H groups in total. The number of amides is 2. The summed E-state index contributed by atoms with van der Waals surface area (Å²) in [6.45, 7) is 10.3. The molecule has 0 bridgehead atoms. The van der Waals surface area contributed by atoms with E-state index in [1.165, 1.54) is 0 Å². The van der Waals surface area contributed by atoms with Crippen LogP contribution in [-0.2, 0) is 19.1 Å². The highest BCUT2D eigenvalue weighted by Crippen LogP contribution is 2.64. The lowest BCUT2D eigenvalue weighted by Crippen LogP contribution is -2.58. The smallest absolute Gasteiger partial charge is 0.407 e. The van der Waals surface area contributed by atoms with Gasteiger partial charge in [0.1, 0.15) is 17.2 Å². The number of fused-ring (bicyclic) bond motifs is 5. The minimum Gasteiger partial charge on any atom is -0.444 e. The molecule has 0 saturated heterocycles. The topological polar surface area (TPSA) is 102 Å². The average molecular weight is 489 g/mol. The minimum atomic E-state index is -0.542. The van der Waals surface area contributed by atoms with Crippen LogP contribution in [0.3, 0.4) is 0 Å². The van der Waals surface area contributed by atoms with Crippen molar-refractivity contribution in [2.24, 2.45) is 34.5 Å². The number of Topliss-reactive ketones (excluding diaryl/α,β-unsaturated/α-hetero) is 2. The van der Waals surface area contributed by atoms with E-state index in [9.17, 15) is 19.2 Å². The molecular weight excluding hydrogens is 444 g/mol.